The fraction of sp³-hybridized carbons (Fsp3) is 0.600. The van der Waals surface area contributed by atoms with E-state index < -0.39 is 0 Å². The standard InChI is InChI=1S/C15H24N4O/c1-11-7-12(2)19-13(9-17-14(19)18-11)8-16-10-15(3,4)5-6-20/h7,9,16,20H,5-6,8,10H2,1-4H3. The largest absolute Gasteiger partial charge is 0.396 e. The third-order valence-electron chi connectivity index (χ3n) is 3.56. The van der Waals surface area contributed by atoms with E-state index in [2.05, 4.69) is 46.5 Å². The van der Waals surface area contributed by atoms with E-state index in [4.69, 9.17) is 5.11 Å². The number of aromatic nitrogens is 3. The molecule has 0 amide bonds. The highest BCUT2D eigenvalue weighted by Crippen LogP contribution is 2.18. The van der Waals surface area contributed by atoms with Gasteiger partial charge in [0.1, 0.15) is 0 Å². The van der Waals surface area contributed by atoms with Gasteiger partial charge in [-0.15, -0.1) is 0 Å². The van der Waals surface area contributed by atoms with Crippen molar-refractivity contribution in [2.45, 2.75) is 40.7 Å². The molecule has 2 heterocycles. The molecule has 0 saturated carbocycles. The maximum absolute atomic E-state index is 9.04. The summed E-state index contributed by atoms with van der Waals surface area (Å²) >= 11 is 0. The molecule has 110 valence electrons. The Labute approximate surface area is 120 Å². The maximum atomic E-state index is 9.04. The van der Waals surface area contributed by atoms with Gasteiger partial charge in [0.05, 0.1) is 11.9 Å². The van der Waals surface area contributed by atoms with Crippen molar-refractivity contribution in [1.82, 2.24) is 19.7 Å². The average molecular weight is 276 g/mol. The Bertz CT molecular complexity index is 589. The lowest BCUT2D eigenvalue weighted by molar-refractivity contribution is 0.207. The molecule has 0 atom stereocenters. The molecular formula is C15H24N4O. The summed E-state index contributed by atoms with van der Waals surface area (Å²) in [5.74, 6) is 0.758. The molecule has 0 radical (unpaired) electrons. The number of fused-ring (bicyclic) bond motifs is 1. The van der Waals surface area contributed by atoms with Gasteiger partial charge in [-0.2, -0.15) is 0 Å². The Morgan fingerprint density at radius 1 is 1.35 bits per heavy atom. The van der Waals surface area contributed by atoms with E-state index in [0.29, 0.717) is 0 Å². The van der Waals surface area contributed by atoms with Gasteiger partial charge in [0, 0.05) is 31.1 Å². The van der Waals surface area contributed by atoms with Gasteiger partial charge < -0.3 is 10.4 Å². The maximum Gasteiger partial charge on any atom is 0.234 e. The van der Waals surface area contributed by atoms with Gasteiger partial charge in [0.2, 0.25) is 5.78 Å². The molecule has 20 heavy (non-hydrogen) atoms. The third-order valence-corrected chi connectivity index (χ3v) is 3.56. The van der Waals surface area contributed by atoms with Gasteiger partial charge in [-0.1, -0.05) is 13.8 Å². The molecule has 2 rings (SSSR count). The molecule has 0 fully saturated rings. The summed E-state index contributed by atoms with van der Waals surface area (Å²) in [7, 11) is 0. The zero-order valence-corrected chi connectivity index (χ0v) is 12.8. The monoisotopic (exact) mass is 276 g/mol. The number of imidazole rings is 1. The molecular weight excluding hydrogens is 252 g/mol. The summed E-state index contributed by atoms with van der Waals surface area (Å²) in [6.45, 7) is 10.2. The second-order valence-electron chi connectivity index (χ2n) is 6.17. The van der Waals surface area contributed by atoms with E-state index in [1.54, 1.807) is 0 Å². The van der Waals surface area contributed by atoms with Crippen LogP contribution in [0.1, 0.15) is 37.4 Å². The fourth-order valence-corrected chi connectivity index (χ4v) is 2.44. The molecule has 0 aromatic carbocycles. The fourth-order valence-electron chi connectivity index (χ4n) is 2.44. The predicted molar refractivity (Wildman–Crippen MR) is 79.7 cm³/mol. The highest BCUT2D eigenvalue weighted by Gasteiger charge is 2.17. The summed E-state index contributed by atoms with van der Waals surface area (Å²) in [6.07, 6.45) is 2.67. The van der Waals surface area contributed by atoms with E-state index in [0.717, 1.165) is 42.4 Å². The zero-order chi connectivity index (χ0) is 14.8. The Hall–Kier alpha value is -1.46. The first kappa shape index (κ1) is 14.9. The molecule has 5 nitrogen and oxygen atoms in total. The molecule has 0 spiro atoms. The quantitative estimate of drug-likeness (QED) is 0.845. The number of aliphatic hydroxyl groups is 1. The molecule has 5 heteroatoms. The van der Waals surface area contributed by atoms with Crippen molar-refractivity contribution in [2.75, 3.05) is 13.2 Å². The van der Waals surface area contributed by atoms with E-state index in [1.165, 1.54) is 0 Å². The minimum absolute atomic E-state index is 0.0964. The van der Waals surface area contributed by atoms with Crippen LogP contribution < -0.4 is 5.32 Å². The van der Waals surface area contributed by atoms with Crippen LogP contribution in [0.4, 0.5) is 0 Å². The van der Waals surface area contributed by atoms with E-state index >= 15 is 0 Å². The SMILES string of the molecule is Cc1cc(C)n2c(CNCC(C)(C)CCO)cnc2n1. The Morgan fingerprint density at radius 3 is 2.80 bits per heavy atom. The molecule has 2 aromatic heterocycles. The Kier molecular flexibility index (Phi) is 4.40. The predicted octanol–water partition coefficient (Wildman–Crippen LogP) is 1.84. The first-order valence-electron chi connectivity index (χ1n) is 7.05. The number of aryl methyl sites for hydroxylation is 2. The molecule has 2 aromatic rings. The Balaban J connectivity index is 2.08. The van der Waals surface area contributed by atoms with E-state index in [9.17, 15) is 0 Å². The van der Waals surface area contributed by atoms with Gasteiger partial charge in [0.25, 0.3) is 0 Å². The van der Waals surface area contributed by atoms with E-state index in [1.807, 2.05) is 13.1 Å². The van der Waals surface area contributed by atoms with Gasteiger partial charge >= 0.3 is 0 Å². The molecule has 0 unspecified atom stereocenters. The van der Waals surface area contributed by atoms with Crippen LogP contribution in [0, 0.1) is 19.3 Å². The molecule has 0 bridgehead atoms. The van der Waals surface area contributed by atoms with Gasteiger partial charge in [-0.05, 0) is 31.7 Å². The van der Waals surface area contributed by atoms with Crippen LogP contribution in [-0.2, 0) is 6.54 Å². The summed E-state index contributed by atoms with van der Waals surface area (Å²) in [5, 5.41) is 12.5. The lowest BCUT2D eigenvalue weighted by atomic mass is 9.90. The van der Waals surface area contributed by atoms with Crippen molar-refractivity contribution in [3.8, 4) is 0 Å². The number of nitrogens with one attached hydrogen (secondary N) is 1. The molecule has 0 saturated heterocycles. The van der Waals surface area contributed by atoms with Crippen LogP contribution in [-0.4, -0.2) is 32.6 Å². The highest BCUT2D eigenvalue weighted by atomic mass is 16.3. The minimum Gasteiger partial charge on any atom is -0.396 e. The van der Waals surface area contributed by atoms with Crippen molar-refractivity contribution >= 4 is 5.78 Å². The first-order chi connectivity index (χ1) is 9.43. The molecule has 0 aliphatic carbocycles. The normalized spacial score (nSPS) is 12.2. The van der Waals surface area contributed by atoms with Crippen LogP contribution in [0.2, 0.25) is 0 Å². The summed E-state index contributed by atoms with van der Waals surface area (Å²) in [5.41, 5.74) is 3.35. The van der Waals surface area contributed by atoms with Crippen LogP contribution in [0.5, 0.6) is 0 Å². The lowest BCUT2D eigenvalue weighted by Gasteiger charge is -2.23. The second-order valence-corrected chi connectivity index (χ2v) is 6.17. The number of hydrogen-bond donors (Lipinski definition) is 2. The van der Waals surface area contributed by atoms with Crippen molar-refractivity contribution in [1.29, 1.82) is 0 Å². The molecule has 0 aliphatic rings. The second kappa shape index (κ2) is 5.89. The van der Waals surface area contributed by atoms with Crippen LogP contribution in [0.25, 0.3) is 5.78 Å². The molecule has 0 aliphatic heterocycles. The van der Waals surface area contributed by atoms with Crippen molar-refractivity contribution in [3.63, 3.8) is 0 Å². The number of aliphatic hydroxyl groups excluding tert-OH is 1. The number of hydrogen-bond acceptors (Lipinski definition) is 4. The van der Waals surface area contributed by atoms with Crippen LogP contribution in [0.15, 0.2) is 12.3 Å². The molecule has 2 N–H and O–H groups in total. The van der Waals surface area contributed by atoms with Crippen LogP contribution in [0.3, 0.4) is 0 Å². The van der Waals surface area contributed by atoms with Crippen molar-refractivity contribution in [3.05, 3.63) is 29.3 Å². The van der Waals surface area contributed by atoms with Gasteiger partial charge in [-0.3, -0.25) is 4.40 Å². The first-order valence-corrected chi connectivity index (χ1v) is 7.05. The smallest absolute Gasteiger partial charge is 0.234 e. The van der Waals surface area contributed by atoms with Crippen LogP contribution >= 0.6 is 0 Å². The lowest BCUT2D eigenvalue weighted by Crippen LogP contribution is -2.30. The summed E-state index contributed by atoms with van der Waals surface area (Å²) in [4.78, 5) is 8.80. The van der Waals surface area contributed by atoms with Crippen molar-refractivity contribution in [2.24, 2.45) is 5.41 Å². The van der Waals surface area contributed by atoms with Gasteiger partial charge in [0.15, 0.2) is 0 Å². The summed E-state index contributed by atoms with van der Waals surface area (Å²) in [6, 6.07) is 2.06. The zero-order valence-electron chi connectivity index (χ0n) is 12.8. The Morgan fingerprint density at radius 2 is 2.10 bits per heavy atom. The van der Waals surface area contributed by atoms with Gasteiger partial charge in [-0.25, -0.2) is 9.97 Å². The topological polar surface area (TPSA) is 62.5 Å². The van der Waals surface area contributed by atoms with Crippen molar-refractivity contribution < 1.29 is 5.11 Å². The average Bonchev–Trinajstić information content (AvgIpc) is 2.72. The summed E-state index contributed by atoms with van der Waals surface area (Å²) < 4.78 is 2.08. The minimum atomic E-state index is 0.0964. The number of nitrogens with zero attached hydrogens (tertiary/aromatic N) is 3. The van der Waals surface area contributed by atoms with E-state index in [-0.39, 0.29) is 12.0 Å². The highest BCUT2D eigenvalue weighted by molar-refractivity contribution is 5.35. The number of rotatable bonds is 6. The third kappa shape index (κ3) is 3.35.